The van der Waals surface area contributed by atoms with Gasteiger partial charge in [-0.25, -0.2) is 4.98 Å². The Balaban J connectivity index is 3.09. The molecule has 0 aliphatic rings. The van der Waals surface area contributed by atoms with Gasteiger partial charge < -0.3 is 10.8 Å². The van der Waals surface area contributed by atoms with Crippen LogP contribution in [-0.4, -0.2) is 16.4 Å². The third kappa shape index (κ3) is 1.53. The van der Waals surface area contributed by atoms with Crippen LogP contribution in [0.25, 0.3) is 0 Å². The lowest BCUT2D eigenvalue weighted by Crippen LogP contribution is -1.99. The Kier molecular flexibility index (Phi) is 2.18. The molecule has 4 heteroatoms. The van der Waals surface area contributed by atoms with Gasteiger partial charge in [-0.2, -0.15) is 0 Å². The number of pyridine rings is 1. The maximum Gasteiger partial charge on any atom is 0.153 e. The zero-order chi connectivity index (χ0) is 8.27. The standard InChI is InChI=1S/C7H8N2O2/c8-7-5(3-10)1-2-6(4-11)9-7/h1-3,11H,4H2,(H2,8,9). The summed E-state index contributed by atoms with van der Waals surface area (Å²) >= 11 is 0. The predicted molar refractivity (Wildman–Crippen MR) is 40.0 cm³/mol. The zero-order valence-corrected chi connectivity index (χ0v) is 5.82. The van der Waals surface area contributed by atoms with Gasteiger partial charge in [-0.05, 0) is 12.1 Å². The summed E-state index contributed by atoms with van der Waals surface area (Å²) in [6, 6.07) is 3.08. The van der Waals surface area contributed by atoms with Crippen LogP contribution < -0.4 is 5.73 Å². The van der Waals surface area contributed by atoms with Gasteiger partial charge in [-0.3, -0.25) is 4.79 Å². The van der Waals surface area contributed by atoms with E-state index >= 15 is 0 Å². The number of hydrogen-bond acceptors (Lipinski definition) is 4. The molecule has 0 aliphatic heterocycles. The Morgan fingerprint density at radius 3 is 2.82 bits per heavy atom. The van der Waals surface area contributed by atoms with E-state index < -0.39 is 0 Å². The molecule has 0 aromatic carbocycles. The molecule has 0 radical (unpaired) electrons. The molecule has 11 heavy (non-hydrogen) atoms. The number of hydrogen-bond donors (Lipinski definition) is 2. The van der Waals surface area contributed by atoms with Crippen molar-refractivity contribution in [3.05, 3.63) is 23.4 Å². The largest absolute Gasteiger partial charge is 0.390 e. The fourth-order valence-corrected chi connectivity index (χ4v) is 0.716. The molecule has 3 N–H and O–H groups in total. The minimum absolute atomic E-state index is 0.159. The summed E-state index contributed by atoms with van der Waals surface area (Å²) in [7, 11) is 0. The van der Waals surface area contributed by atoms with Crippen LogP contribution in [0.2, 0.25) is 0 Å². The van der Waals surface area contributed by atoms with Gasteiger partial charge in [0, 0.05) is 0 Å². The van der Waals surface area contributed by atoms with Crippen molar-refractivity contribution in [3.63, 3.8) is 0 Å². The Bertz CT molecular complexity index is 273. The van der Waals surface area contributed by atoms with Crippen LogP contribution in [0.3, 0.4) is 0 Å². The van der Waals surface area contributed by atoms with E-state index in [9.17, 15) is 4.79 Å². The second-order valence-electron chi connectivity index (χ2n) is 2.05. The number of anilines is 1. The average molecular weight is 152 g/mol. The number of carbonyl (C=O) groups excluding carboxylic acids is 1. The maximum atomic E-state index is 10.2. The van der Waals surface area contributed by atoms with Crippen LogP contribution >= 0.6 is 0 Å². The highest BCUT2D eigenvalue weighted by molar-refractivity contribution is 5.81. The topological polar surface area (TPSA) is 76.2 Å². The predicted octanol–water partition coefficient (Wildman–Crippen LogP) is -0.0314. The molecule has 58 valence electrons. The summed E-state index contributed by atoms with van der Waals surface area (Å²) < 4.78 is 0. The quantitative estimate of drug-likeness (QED) is 0.583. The number of nitrogens with zero attached hydrogens (tertiary/aromatic N) is 1. The van der Waals surface area contributed by atoms with Crippen LogP contribution in [0.4, 0.5) is 5.82 Å². The van der Waals surface area contributed by atoms with Crippen molar-refractivity contribution in [3.8, 4) is 0 Å². The second-order valence-corrected chi connectivity index (χ2v) is 2.05. The van der Waals surface area contributed by atoms with Crippen molar-refractivity contribution >= 4 is 12.1 Å². The first kappa shape index (κ1) is 7.68. The minimum atomic E-state index is -0.163. The molecule has 1 aromatic rings. The smallest absolute Gasteiger partial charge is 0.153 e. The molecule has 0 unspecified atom stereocenters. The van der Waals surface area contributed by atoms with E-state index in [0.29, 0.717) is 17.5 Å². The van der Waals surface area contributed by atoms with Gasteiger partial charge in [0.05, 0.1) is 17.9 Å². The van der Waals surface area contributed by atoms with Gasteiger partial charge in [-0.1, -0.05) is 0 Å². The van der Waals surface area contributed by atoms with Crippen molar-refractivity contribution in [1.82, 2.24) is 4.98 Å². The summed E-state index contributed by atoms with van der Waals surface area (Å²) in [4.78, 5) is 14.0. The number of nitrogen functional groups attached to an aromatic ring is 1. The molecule has 1 aromatic heterocycles. The molecule has 1 rings (SSSR count). The number of aldehydes is 1. The Labute approximate surface area is 63.7 Å². The molecular weight excluding hydrogens is 144 g/mol. The molecule has 0 bridgehead atoms. The lowest BCUT2D eigenvalue weighted by molar-refractivity contribution is 0.112. The fourth-order valence-electron chi connectivity index (χ4n) is 0.716. The number of aromatic nitrogens is 1. The highest BCUT2D eigenvalue weighted by atomic mass is 16.3. The van der Waals surface area contributed by atoms with Crippen LogP contribution in [-0.2, 0) is 6.61 Å². The third-order valence-electron chi connectivity index (χ3n) is 1.30. The fraction of sp³-hybridized carbons (Fsp3) is 0.143. The third-order valence-corrected chi connectivity index (χ3v) is 1.30. The zero-order valence-electron chi connectivity index (χ0n) is 5.82. The molecule has 0 saturated carbocycles. The monoisotopic (exact) mass is 152 g/mol. The van der Waals surface area contributed by atoms with Crippen molar-refractivity contribution in [2.75, 3.05) is 5.73 Å². The van der Waals surface area contributed by atoms with Crippen molar-refractivity contribution < 1.29 is 9.90 Å². The summed E-state index contributed by atoms with van der Waals surface area (Å²) in [5.74, 6) is 0.159. The molecule has 0 saturated heterocycles. The van der Waals surface area contributed by atoms with E-state index in [-0.39, 0.29) is 12.4 Å². The first-order chi connectivity index (χ1) is 5.27. The number of nitrogens with two attached hydrogens (primary N) is 1. The van der Waals surface area contributed by atoms with E-state index in [1.165, 1.54) is 6.07 Å². The SMILES string of the molecule is Nc1nc(CO)ccc1C=O. The average Bonchev–Trinajstić information content (AvgIpc) is 2.04. The van der Waals surface area contributed by atoms with Crippen molar-refractivity contribution in [2.24, 2.45) is 0 Å². The first-order valence-corrected chi connectivity index (χ1v) is 3.09. The molecule has 0 spiro atoms. The highest BCUT2D eigenvalue weighted by Gasteiger charge is 1.99. The number of carbonyl (C=O) groups is 1. The van der Waals surface area contributed by atoms with Crippen LogP contribution in [0, 0.1) is 0 Å². The lowest BCUT2D eigenvalue weighted by atomic mass is 10.2. The molecule has 0 fully saturated rings. The lowest BCUT2D eigenvalue weighted by Gasteiger charge is -1.98. The van der Waals surface area contributed by atoms with Crippen LogP contribution in [0.1, 0.15) is 16.1 Å². The molecule has 4 nitrogen and oxygen atoms in total. The van der Waals surface area contributed by atoms with E-state index in [1.807, 2.05) is 0 Å². The van der Waals surface area contributed by atoms with Crippen molar-refractivity contribution in [1.29, 1.82) is 0 Å². The number of aliphatic hydroxyl groups is 1. The van der Waals surface area contributed by atoms with Crippen LogP contribution in [0.15, 0.2) is 12.1 Å². The van der Waals surface area contributed by atoms with Crippen molar-refractivity contribution in [2.45, 2.75) is 6.61 Å². The first-order valence-electron chi connectivity index (χ1n) is 3.09. The van der Waals surface area contributed by atoms with Gasteiger partial charge >= 0.3 is 0 Å². The summed E-state index contributed by atoms with van der Waals surface area (Å²) in [6.07, 6.45) is 0.628. The van der Waals surface area contributed by atoms with Gasteiger partial charge in [0.1, 0.15) is 5.82 Å². The summed E-state index contributed by atoms with van der Waals surface area (Å²) in [5.41, 5.74) is 6.17. The van der Waals surface area contributed by atoms with Gasteiger partial charge in [0.2, 0.25) is 0 Å². The Morgan fingerprint density at radius 2 is 2.36 bits per heavy atom. The minimum Gasteiger partial charge on any atom is -0.390 e. The second kappa shape index (κ2) is 3.12. The van der Waals surface area contributed by atoms with Gasteiger partial charge in [0.25, 0.3) is 0 Å². The summed E-state index contributed by atoms with van der Waals surface area (Å²) in [5, 5.41) is 8.62. The van der Waals surface area contributed by atoms with E-state index in [2.05, 4.69) is 4.98 Å². The number of aliphatic hydroxyl groups excluding tert-OH is 1. The Hall–Kier alpha value is -1.42. The molecule has 0 atom stereocenters. The van der Waals surface area contributed by atoms with E-state index in [0.717, 1.165) is 0 Å². The number of rotatable bonds is 2. The van der Waals surface area contributed by atoms with Gasteiger partial charge in [-0.15, -0.1) is 0 Å². The van der Waals surface area contributed by atoms with E-state index in [1.54, 1.807) is 6.07 Å². The highest BCUT2D eigenvalue weighted by Crippen LogP contribution is 2.06. The summed E-state index contributed by atoms with van der Waals surface area (Å²) in [6.45, 7) is -0.163. The maximum absolute atomic E-state index is 10.2. The molecule has 1 heterocycles. The van der Waals surface area contributed by atoms with Gasteiger partial charge in [0.15, 0.2) is 6.29 Å². The normalized spacial score (nSPS) is 9.55. The molecule has 0 aliphatic carbocycles. The molecular formula is C7H8N2O2. The van der Waals surface area contributed by atoms with Crippen LogP contribution in [0.5, 0.6) is 0 Å². The molecule has 0 amide bonds. The van der Waals surface area contributed by atoms with E-state index in [4.69, 9.17) is 10.8 Å². The Morgan fingerprint density at radius 1 is 1.64 bits per heavy atom.